The second-order valence-corrected chi connectivity index (χ2v) is 4.13. The number of hydrogen-bond acceptors (Lipinski definition) is 6. The van der Waals surface area contributed by atoms with E-state index in [1.54, 1.807) is 0 Å². The molecule has 18 heavy (non-hydrogen) atoms. The number of pyridine rings is 1. The second kappa shape index (κ2) is 4.99. The summed E-state index contributed by atoms with van der Waals surface area (Å²) >= 11 is 0. The predicted octanol–water partition coefficient (Wildman–Crippen LogP) is -1.67. The third kappa shape index (κ3) is 2.21. The van der Waals surface area contributed by atoms with Gasteiger partial charge in [-0.15, -0.1) is 0 Å². The lowest BCUT2D eigenvalue weighted by Gasteiger charge is -2.14. The van der Waals surface area contributed by atoms with Crippen LogP contribution in [0.4, 0.5) is 0 Å². The third-order valence-corrected chi connectivity index (χ3v) is 2.91. The molecule has 5 N–H and O–H groups in total. The highest BCUT2D eigenvalue weighted by Gasteiger charge is 2.43. The zero-order valence-electron chi connectivity index (χ0n) is 9.43. The summed E-state index contributed by atoms with van der Waals surface area (Å²) in [5.41, 5.74) is 5.74. The van der Waals surface area contributed by atoms with Gasteiger partial charge in [0.1, 0.15) is 24.4 Å². The number of aromatic nitrogens is 1. The van der Waals surface area contributed by atoms with Gasteiger partial charge in [0.2, 0.25) is 5.91 Å². The number of primary amides is 1. The largest absolute Gasteiger partial charge is 0.394 e. The van der Waals surface area contributed by atoms with Crippen LogP contribution in [0.2, 0.25) is 0 Å². The standard InChI is InChI=1S/C11H14N2O5/c12-11(17)6-1-5(2-13-3-6)10-9(16)8(15)7(4-14)18-10/h1-3,7-10,14-16H,4H2,(H2,12,17)/t7-,8+,9+,10-/m1/s1. The molecule has 1 saturated heterocycles. The molecule has 0 radical (unpaired) electrons. The van der Waals surface area contributed by atoms with Crippen LogP contribution in [0.3, 0.4) is 0 Å². The van der Waals surface area contributed by atoms with Crippen LogP contribution in [0.25, 0.3) is 0 Å². The zero-order valence-corrected chi connectivity index (χ0v) is 9.43. The molecule has 4 atom stereocenters. The number of aliphatic hydroxyl groups excluding tert-OH is 3. The van der Waals surface area contributed by atoms with Gasteiger partial charge in [0.25, 0.3) is 0 Å². The Labute approximate surface area is 103 Å². The first-order chi connectivity index (χ1) is 8.54. The normalized spacial score (nSPS) is 31.5. The van der Waals surface area contributed by atoms with E-state index in [1.165, 1.54) is 18.5 Å². The summed E-state index contributed by atoms with van der Waals surface area (Å²) < 4.78 is 5.31. The molecule has 1 aliphatic heterocycles. The molecule has 0 bridgehead atoms. The van der Waals surface area contributed by atoms with E-state index >= 15 is 0 Å². The van der Waals surface area contributed by atoms with Crippen LogP contribution in [0.5, 0.6) is 0 Å². The number of hydrogen-bond donors (Lipinski definition) is 4. The molecule has 7 nitrogen and oxygen atoms in total. The highest BCUT2D eigenvalue weighted by atomic mass is 16.6. The fourth-order valence-electron chi connectivity index (χ4n) is 1.92. The predicted molar refractivity (Wildman–Crippen MR) is 59.5 cm³/mol. The lowest BCUT2D eigenvalue weighted by Crippen LogP contribution is -2.32. The van der Waals surface area contributed by atoms with E-state index in [9.17, 15) is 15.0 Å². The molecule has 1 aromatic rings. The van der Waals surface area contributed by atoms with Crippen LogP contribution < -0.4 is 5.73 Å². The van der Waals surface area contributed by atoms with Crippen LogP contribution >= 0.6 is 0 Å². The van der Waals surface area contributed by atoms with E-state index in [0.717, 1.165) is 0 Å². The number of nitrogens with zero attached hydrogens (tertiary/aromatic N) is 1. The van der Waals surface area contributed by atoms with Gasteiger partial charge in [-0.1, -0.05) is 0 Å². The smallest absolute Gasteiger partial charge is 0.250 e. The van der Waals surface area contributed by atoms with Crippen LogP contribution in [0.15, 0.2) is 18.5 Å². The molecule has 2 rings (SSSR count). The monoisotopic (exact) mass is 254 g/mol. The Kier molecular flexibility index (Phi) is 3.58. The lowest BCUT2D eigenvalue weighted by atomic mass is 10.0. The Morgan fingerprint density at radius 3 is 2.67 bits per heavy atom. The van der Waals surface area contributed by atoms with Gasteiger partial charge in [-0.05, 0) is 6.07 Å². The Morgan fingerprint density at radius 2 is 2.11 bits per heavy atom. The average molecular weight is 254 g/mol. The summed E-state index contributed by atoms with van der Waals surface area (Å²) in [7, 11) is 0. The highest BCUT2D eigenvalue weighted by molar-refractivity contribution is 5.92. The summed E-state index contributed by atoms with van der Waals surface area (Å²) in [6.45, 7) is -0.405. The van der Waals surface area contributed by atoms with Gasteiger partial charge in [-0.3, -0.25) is 9.78 Å². The summed E-state index contributed by atoms with van der Waals surface area (Å²) in [4.78, 5) is 14.8. The van der Waals surface area contributed by atoms with E-state index in [1.807, 2.05) is 0 Å². The second-order valence-electron chi connectivity index (χ2n) is 4.13. The number of rotatable bonds is 3. The highest BCUT2D eigenvalue weighted by Crippen LogP contribution is 2.33. The van der Waals surface area contributed by atoms with Crippen LogP contribution in [-0.2, 0) is 4.74 Å². The molecule has 0 saturated carbocycles. The van der Waals surface area contributed by atoms with Crippen molar-refractivity contribution in [1.29, 1.82) is 0 Å². The van der Waals surface area contributed by atoms with Crippen molar-refractivity contribution in [2.45, 2.75) is 24.4 Å². The van der Waals surface area contributed by atoms with Gasteiger partial charge in [0, 0.05) is 18.0 Å². The lowest BCUT2D eigenvalue weighted by molar-refractivity contribution is -0.0228. The topological polar surface area (TPSA) is 126 Å². The molecular formula is C11H14N2O5. The Morgan fingerprint density at radius 1 is 1.39 bits per heavy atom. The first kappa shape index (κ1) is 12.9. The number of ether oxygens (including phenoxy) is 1. The van der Waals surface area contributed by atoms with Crippen molar-refractivity contribution < 1.29 is 24.9 Å². The van der Waals surface area contributed by atoms with Gasteiger partial charge in [-0.2, -0.15) is 0 Å². The Balaban J connectivity index is 2.27. The van der Waals surface area contributed by atoms with E-state index in [-0.39, 0.29) is 5.56 Å². The molecule has 2 heterocycles. The van der Waals surface area contributed by atoms with Gasteiger partial charge in [0.05, 0.1) is 12.2 Å². The molecule has 1 amide bonds. The SMILES string of the molecule is NC(=O)c1cncc([C@H]2O[C@H](CO)[C@H](O)[C@@H]2O)c1. The minimum absolute atomic E-state index is 0.185. The van der Waals surface area contributed by atoms with Crippen molar-refractivity contribution in [1.82, 2.24) is 4.98 Å². The number of amides is 1. The molecule has 7 heteroatoms. The third-order valence-electron chi connectivity index (χ3n) is 2.91. The zero-order chi connectivity index (χ0) is 13.3. The van der Waals surface area contributed by atoms with Crippen LogP contribution in [0.1, 0.15) is 22.0 Å². The number of nitrogens with two attached hydrogens (primary N) is 1. The van der Waals surface area contributed by atoms with Crippen molar-refractivity contribution in [2.75, 3.05) is 6.61 Å². The summed E-state index contributed by atoms with van der Waals surface area (Å²) in [5, 5.41) is 28.4. The van der Waals surface area contributed by atoms with Crippen molar-refractivity contribution in [3.05, 3.63) is 29.6 Å². The fraction of sp³-hybridized carbons (Fsp3) is 0.455. The number of carbonyl (C=O) groups is 1. The molecule has 1 fully saturated rings. The number of carbonyl (C=O) groups excluding carboxylic acids is 1. The quantitative estimate of drug-likeness (QED) is 0.511. The van der Waals surface area contributed by atoms with Crippen LogP contribution in [0, 0.1) is 0 Å². The molecule has 0 aliphatic carbocycles. The van der Waals surface area contributed by atoms with Crippen LogP contribution in [-0.4, -0.2) is 51.1 Å². The minimum atomic E-state index is -1.19. The summed E-state index contributed by atoms with van der Waals surface area (Å²) in [5.74, 6) is -0.643. The molecule has 1 aliphatic rings. The number of aliphatic hydroxyl groups is 3. The van der Waals surface area contributed by atoms with Crippen molar-refractivity contribution >= 4 is 5.91 Å². The van der Waals surface area contributed by atoms with Gasteiger partial charge < -0.3 is 25.8 Å². The van der Waals surface area contributed by atoms with Crippen molar-refractivity contribution in [2.24, 2.45) is 5.73 Å². The van der Waals surface area contributed by atoms with E-state index in [0.29, 0.717) is 5.56 Å². The fourth-order valence-corrected chi connectivity index (χ4v) is 1.92. The Hall–Kier alpha value is -1.54. The van der Waals surface area contributed by atoms with E-state index < -0.39 is 36.9 Å². The molecule has 0 aromatic carbocycles. The Bertz CT molecular complexity index is 453. The van der Waals surface area contributed by atoms with Crippen molar-refractivity contribution in [3.63, 3.8) is 0 Å². The first-order valence-electron chi connectivity index (χ1n) is 5.41. The van der Waals surface area contributed by atoms with Gasteiger partial charge in [-0.25, -0.2) is 0 Å². The maximum absolute atomic E-state index is 11.0. The van der Waals surface area contributed by atoms with E-state index in [4.69, 9.17) is 15.6 Å². The van der Waals surface area contributed by atoms with Gasteiger partial charge >= 0.3 is 0 Å². The molecular weight excluding hydrogens is 240 g/mol. The molecule has 0 unspecified atom stereocenters. The molecule has 1 aromatic heterocycles. The first-order valence-corrected chi connectivity index (χ1v) is 5.41. The summed E-state index contributed by atoms with van der Waals surface area (Å²) in [6.07, 6.45) is -1.37. The van der Waals surface area contributed by atoms with Crippen molar-refractivity contribution in [3.8, 4) is 0 Å². The minimum Gasteiger partial charge on any atom is -0.394 e. The van der Waals surface area contributed by atoms with E-state index in [2.05, 4.69) is 4.98 Å². The average Bonchev–Trinajstić information content (AvgIpc) is 2.66. The maximum atomic E-state index is 11.0. The van der Waals surface area contributed by atoms with Gasteiger partial charge in [0.15, 0.2) is 0 Å². The maximum Gasteiger partial charge on any atom is 0.250 e. The summed E-state index contributed by atoms with van der Waals surface area (Å²) in [6, 6.07) is 1.44. The molecule has 0 spiro atoms. The molecule has 98 valence electrons.